The first-order valence-electron chi connectivity index (χ1n) is 8.43. The lowest BCUT2D eigenvalue weighted by Crippen LogP contribution is -2.37. The molecule has 0 radical (unpaired) electrons. The predicted octanol–water partition coefficient (Wildman–Crippen LogP) is 5.94. The minimum atomic E-state index is -3.14. The summed E-state index contributed by atoms with van der Waals surface area (Å²) in [6.07, 6.45) is 4.22. The van der Waals surface area contributed by atoms with Crippen molar-refractivity contribution in [1.82, 2.24) is 0 Å². The van der Waals surface area contributed by atoms with Crippen LogP contribution < -0.4 is 4.74 Å². The molecule has 1 aromatic rings. The third-order valence-electron chi connectivity index (χ3n) is 4.52. The van der Waals surface area contributed by atoms with E-state index >= 15 is 0 Å². The smallest absolute Gasteiger partial charge is 0.400 e. The van der Waals surface area contributed by atoms with Crippen molar-refractivity contribution in [3.05, 3.63) is 42.0 Å². The van der Waals surface area contributed by atoms with E-state index in [4.69, 9.17) is 4.74 Å². The molecule has 0 heterocycles. The number of allylic oxidation sites excluding steroid dienone is 2. The highest BCUT2D eigenvalue weighted by atomic mass is 19.3. The monoisotopic (exact) mass is 326 g/mol. The fraction of sp³-hybridized carbons (Fsp3) is 0.579. The number of halogens is 3. The van der Waals surface area contributed by atoms with Crippen LogP contribution in [0.2, 0.25) is 0 Å². The molecule has 0 bridgehead atoms. The maximum absolute atomic E-state index is 14.3. The van der Waals surface area contributed by atoms with E-state index in [0.29, 0.717) is 32.1 Å². The predicted molar refractivity (Wildman–Crippen MR) is 86.6 cm³/mol. The van der Waals surface area contributed by atoms with E-state index in [-0.39, 0.29) is 18.3 Å². The molecule has 1 saturated carbocycles. The first-order chi connectivity index (χ1) is 11.0. The molecule has 1 aliphatic carbocycles. The van der Waals surface area contributed by atoms with Crippen LogP contribution in [0.3, 0.4) is 0 Å². The Kier molecular flexibility index (Phi) is 6.55. The SMILES string of the molecule is CCc1ccc(OC(F)(F)C2CCC(/C=C/CCF)CC2)cc1. The number of alkyl halides is 3. The van der Waals surface area contributed by atoms with Gasteiger partial charge in [-0.15, -0.1) is 0 Å². The first-order valence-corrected chi connectivity index (χ1v) is 8.43. The molecular formula is C19H25F3O. The summed E-state index contributed by atoms with van der Waals surface area (Å²) in [7, 11) is 0. The van der Waals surface area contributed by atoms with Gasteiger partial charge in [-0.25, -0.2) is 0 Å². The lowest BCUT2D eigenvalue weighted by Gasteiger charge is -2.32. The highest BCUT2D eigenvalue weighted by Gasteiger charge is 2.43. The molecule has 0 spiro atoms. The van der Waals surface area contributed by atoms with Crippen molar-refractivity contribution < 1.29 is 17.9 Å². The summed E-state index contributed by atoms with van der Waals surface area (Å²) in [4.78, 5) is 0. The van der Waals surface area contributed by atoms with Gasteiger partial charge in [0.25, 0.3) is 0 Å². The van der Waals surface area contributed by atoms with Gasteiger partial charge in [0.15, 0.2) is 0 Å². The summed E-state index contributed by atoms with van der Waals surface area (Å²) in [5, 5.41) is 0. The molecule has 2 rings (SSSR count). The Morgan fingerprint density at radius 1 is 1.13 bits per heavy atom. The van der Waals surface area contributed by atoms with Crippen LogP contribution in [0.25, 0.3) is 0 Å². The van der Waals surface area contributed by atoms with Crippen molar-refractivity contribution in [1.29, 1.82) is 0 Å². The minimum absolute atomic E-state index is 0.220. The number of benzene rings is 1. The maximum Gasteiger partial charge on any atom is 0.400 e. The zero-order chi connectivity index (χ0) is 16.7. The Hall–Kier alpha value is -1.45. The minimum Gasteiger partial charge on any atom is -0.432 e. The second kappa shape index (κ2) is 8.42. The Morgan fingerprint density at radius 3 is 2.35 bits per heavy atom. The molecular weight excluding hydrogens is 301 g/mol. The van der Waals surface area contributed by atoms with Gasteiger partial charge < -0.3 is 4.74 Å². The molecule has 0 unspecified atom stereocenters. The van der Waals surface area contributed by atoms with Crippen LogP contribution in [-0.4, -0.2) is 12.8 Å². The molecule has 128 valence electrons. The highest BCUT2D eigenvalue weighted by molar-refractivity contribution is 5.27. The van der Waals surface area contributed by atoms with Gasteiger partial charge in [-0.2, -0.15) is 8.78 Å². The van der Waals surface area contributed by atoms with Crippen molar-refractivity contribution in [2.45, 2.75) is 51.6 Å². The lowest BCUT2D eigenvalue weighted by atomic mass is 9.81. The first kappa shape index (κ1) is 17.9. The average molecular weight is 326 g/mol. The summed E-state index contributed by atoms with van der Waals surface area (Å²) >= 11 is 0. The van der Waals surface area contributed by atoms with Gasteiger partial charge in [0, 0.05) is 0 Å². The molecule has 0 N–H and O–H groups in total. The number of hydrogen-bond acceptors (Lipinski definition) is 1. The molecule has 0 aromatic heterocycles. The molecule has 1 aliphatic rings. The average Bonchev–Trinajstić information content (AvgIpc) is 2.56. The van der Waals surface area contributed by atoms with Crippen LogP contribution in [0.15, 0.2) is 36.4 Å². The summed E-state index contributed by atoms with van der Waals surface area (Å²) in [6, 6.07) is 6.85. The van der Waals surface area contributed by atoms with Gasteiger partial charge in [0.1, 0.15) is 5.75 Å². The van der Waals surface area contributed by atoms with Crippen LogP contribution in [0.1, 0.15) is 44.6 Å². The third kappa shape index (κ3) is 5.29. The van der Waals surface area contributed by atoms with Gasteiger partial charge in [0.2, 0.25) is 0 Å². The van der Waals surface area contributed by atoms with Crippen molar-refractivity contribution in [2.75, 3.05) is 6.67 Å². The zero-order valence-corrected chi connectivity index (χ0v) is 13.6. The fourth-order valence-electron chi connectivity index (χ4n) is 3.03. The molecule has 0 amide bonds. The van der Waals surface area contributed by atoms with E-state index in [1.54, 1.807) is 12.1 Å². The van der Waals surface area contributed by atoms with Crippen LogP contribution in [0.5, 0.6) is 5.75 Å². The molecule has 23 heavy (non-hydrogen) atoms. The number of rotatable bonds is 7. The molecule has 1 aromatic carbocycles. The number of aryl methyl sites for hydroxylation is 1. The van der Waals surface area contributed by atoms with Crippen molar-refractivity contribution >= 4 is 0 Å². The quantitative estimate of drug-likeness (QED) is 0.563. The van der Waals surface area contributed by atoms with Gasteiger partial charge in [-0.1, -0.05) is 31.2 Å². The highest BCUT2D eigenvalue weighted by Crippen LogP contribution is 2.40. The molecule has 4 heteroatoms. The maximum atomic E-state index is 14.3. The van der Waals surface area contributed by atoms with Crippen LogP contribution in [-0.2, 0) is 6.42 Å². The number of hydrogen-bond donors (Lipinski definition) is 0. The Labute approximate surface area is 136 Å². The van der Waals surface area contributed by atoms with Crippen LogP contribution in [0.4, 0.5) is 13.2 Å². The lowest BCUT2D eigenvalue weighted by molar-refractivity contribution is -0.222. The molecule has 1 fully saturated rings. The second-order valence-electron chi connectivity index (χ2n) is 6.18. The largest absolute Gasteiger partial charge is 0.432 e. The number of ether oxygens (including phenoxy) is 1. The second-order valence-corrected chi connectivity index (χ2v) is 6.18. The van der Waals surface area contributed by atoms with Gasteiger partial charge in [-0.3, -0.25) is 4.39 Å². The molecule has 0 aliphatic heterocycles. The van der Waals surface area contributed by atoms with Crippen LogP contribution >= 0.6 is 0 Å². The van der Waals surface area contributed by atoms with Gasteiger partial charge in [-0.05, 0) is 62.1 Å². The van der Waals surface area contributed by atoms with E-state index in [1.807, 2.05) is 31.2 Å². The standard InChI is InChI=1S/C19H25F3O/c1-2-15-8-12-18(13-9-15)23-19(21,22)17-10-6-16(7-11-17)5-3-4-14-20/h3,5,8-9,12-13,16-17H,2,4,6-7,10-11,14H2,1H3/b5-3+. The summed E-state index contributed by atoms with van der Waals surface area (Å²) in [5.74, 6) is -0.242. The van der Waals surface area contributed by atoms with E-state index < -0.39 is 12.0 Å². The van der Waals surface area contributed by atoms with E-state index in [9.17, 15) is 13.2 Å². The molecule has 0 saturated heterocycles. The van der Waals surface area contributed by atoms with E-state index in [1.165, 1.54) is 0 Å². The molecule has 1 nitrogen and oxygen atoms in total. The Morgan fingerprint density at radius 2 is 1.78 bits per heavy atom. The fourth-order valence-corrected chi connectivity index (χ4v) is 3.03. The Balaban J connectivity index is 1.87. The summed E-state index contributed by atoms with van der Waals surface area (Å²) in [6.45, 7) is 1.65. The van der Waals surface area contributed by atoms with E-state index in [2.05, 4.69) is 0 Å². The zero-order valence-electron chi connectivity index (χ0n) is 13.6. The Bertz CT molecular complexity index is 488. The van der Waals surface area contributed by atoms with Crippen molar-refractivity contribution in [3.8, 4) is 5.75 Å². The topological polar surface area (TPSA) is 9.23 Å². The normalized spacial score (nSPS) is 22.4. The van der Waals surface area contributed by atoms with Crippen LogP contribution in [0, 0.1) is 11.8 Å². The van der Waals surface area contributed by atoms with Crippen molar-refractivity contribution in [2.24, 2.45) is 11.8 Å². The summed E-state index contributed by atoms with van der Waals surface area (Å²) in [5.41, 5.74) is 1.10. The third-order valence-corrected chi connectivity index (χ3v) is 4.52. The summed E-state index contributed by atoms with van der Waals surface area (Å²) < 4.78 is 45.7. The van der Waals surface area contributed by atoms with Crippen molar-refractivity contribution in [3.63, 3.8) is 0 Å². The molecule has 0 atom stereocenters. The van der Waals surface area contributed by atoms with Gasteiger partial charge >= 0.3 is 6.11 Å². The van der Waals surface area contributed by atoms with E-state index in [0.717, 1.165) is 12.0 Å². The van der Waals surface area contributed by atoms with Gasteiger partial charge in [0.05, 0.1) is 12.6 Å².